The van der Waals surface area contributed by atoms with Crippen LogP contribution in [0.2, 0.25) is 0 Å². The van der Waals surface area contributed by atoms with Crippen LogP contribution in [0.25, 0.3) is 0 Å². The Hall–Kier alpha value is 0.200. The highest BCUT2D eigenvalue weighted by Crippen LogP contribution is 2.35. The van der Waals surface area contributed by atoms with Crippen molar-refractivity contribution in [3.63, 3.8) is 0 Å². The highest BCUT2D eigenvalue weighted by atomic mass is 35.5. The van der Waals surface area contributed by atoms with Crippen molar-refractivity contribution in [2.45, 2.75) is 43.7 Å². The van der Waals surface area contributed by atoms with Crippen molar-refractivity contribution in [1.29, 1.82) is 0 Å². The van der Waals surface area contributed by atoms with E-state index in [1.165, 1.54) is 12.8 Å². The maximum Gasteiger partial charge on any atom is 0.156 e. The zero-order valence-electron chi connectivity index (χ0n) is 10.3. The summed E-state index contributed by atoms with van der Waals surface area (Å²) in [6.07, 6.45) is 2.44. The van der Waals surface area contributed by atoms with Crippen LogP contribution >= 0.6 is 11.6 Å². The van der Waals surface area contributed by atoms with Crippen molar-refractivity contribution in [2.24, 2.45) is 5.92 Å². The monoisotopic (exact) mass is 267 g/mol. The van der Waals surface area contributed by atoms with Crippen LogP contribution < -0.4 is 5.32 Å². The van der Waals surface area contributed by atoms with Crippen molar-refractivity contribution in [3.05, 3.63) is 0 Å². The standard InChI is InChI=1S/C11H22ClNO2S/c1-11(2,3)16(14,15)7-6-13-8-10(12)9-4-5-9/h9-10,13H,4-8H2,1-3H3. The smallest absolute Gasteiger partial charge is 0.156 e. The SMILES string of the molecule is CC(C)(C)S(=O)(=O)CCNCC(Cl)C1CC1. The van der Waals surface area contributed by atoms with E-state index < -0.39 is 14.6 Å². The second kappa shape index (κ2) is 5.23. The largest absolute Gasteiger partial charge is 0.314 e. The van der Waals surface area contributed by atoms with Crippen LogP contribution in [0.1, 0.15) is 33.6 Å². The first kappa shape index (κ1) is 14.3. The van der Waals surface area contributed by atoms with Crippen LogP contribution in [0.3, 0.4) is 0 Å². The van der Waals surface area contributed by atoms with Crippen molar-refractivity contribution in [3.8, 4) is 0 Å². The summed E-state index contributed by atoms with van der Waals surface area (Å²) in [5.41, 5.74) is 0. The van der Waals surface area contributed by atoms with Gasteiger partial charge in [0.2, 0.25) is 0 Å². The summed E-state index contributed by atoms with van der Waals surface area (Å²) in [6.45, 7) is 6.41. The van der Waals surface area contributed by atoms with E-state index in [9.17, 15) is 8.42 Å². The van der Waals surface area contributed by atoms with Gasteiger partial charge in [-0.3, -0.25) is 0 Å². The molecule has 0 heterocycles. The molecular formula is C11H22ClNO2S. The number of hydrogen-bond donors (Lipinski definition) is 1. The van der Waals surface area contributed by atoms with Crippen molar-refractivity contribution in [1.82, 2.24) is 5.32 Å². The number of alkyl halides is 1. The van der Waals surface area contributed by atoms with Gasteiger partial charge in [-0.15, -0.1) is 11.6 Å². The number of halogens is 1. The van der Waals surface area contributed by atoms with Crippen LogP contribution in [0, 0.1) is 5.92 Å². The lowest BCUT2D eigenvalue weighted by atomic mass is 10.3. The average Bonchev–Trinajstić information content (AvgIpc) is 2.93. The third-order valence-electron chi connectivity index (χ3n) is 2.95. The van der Waals surface area contributed by atoms with E-state index in [0.717, 1.165) is 0 Å². The number of nitrogens with one attached hydrogen (secondary N) is 1. The highest BCUT2D eigenvalue weighted by molar-refractivity contribution is 7.92. The summed E-state index contributed by atoms with van der Waals surface area (Å²) in [5.74, 6) is 0.832. The Balaban J connectivity index is 2.20. The second-order valence-electron chi connectivity index (χ2n) is 5.49. The molecule has 0 radical (unpaired) electrons. The lowest BCUT2D eigenvalue weighted by Crippen LogP contribution is -2.36. The van der Waals surface area contributed by atoms with Gasteiger partial charge in [0.1, 0.15) is 0 Å². The lowest BCUT2D eigenvalue weighted by Gasteiger charge is -2.19. The molecule has 16 heavy (non-hydrogen) atoms. The Bertz CT molecular complexity index is 317. The highest BCUT2D eigenvalue weighted by Gasteiger charge is 2.30. The van der Waals surface area contributed by atoms with E-state index in [1.807, 2.05) is 0 Å². The van der Waals surface area contributed by atoms with Gasteiger partial charge < -0.3 is 5.32 Å². The molecule has 0 saturated heterocycles. The van der Waals surface area contributed by atoms with E-state index in [4.69, 9.17) is 11.6 Å². The van der Waals surface area contributed by atoms with Crippen molar-refractivity contribution >= 4 is 21.4 Å². The summed E-state index contributed by atoms with van der Waals surface area (Å²) < 4.78 is 22.9. The summed E-state index contributed by atoms with van der Waals surface area (Å²) in [6, 6.07) is 0. The molecule has 0 aromatic carbocycles. The van der Waals surface area contributed by atoms with Gasteiger partial charge >= 0.3 is 0 Å². The fourth-order valence-electron chi connectivity index (χ4n) is 1.38. The Kier molecular flexibility index (Phi) is 4.66. The third-order valence-corrected chi connectivity index (χ3v) is 6.07. The molecule has 1 aliphatic carbocycles. The summed E-state index contributed by atoms with van der Waals surface area (Å²) >= 11 is 6.11. The second-order valence-corrected chi connectivity index (χ2v) is 8.91. The average molecular weight is 268 g/mol. The van der Waals surface area contributed by atoms with Gasteiger partial charge in [0.15, 0.2) is 9.84 Å². The Morgan fingerprint density at radius 3 is 2.38 bits per heavy atom. The zero-order valence-corrected chi connectivity index (χ0v) is 11.9. The molecule has 0 bridgehead atoms. The first-order valence-corrected chi connectivity index (χ1v) is 7.90. The molecule has 0 aromatic heterocycles. The number of sulfone groups is 1. The van der Waals surface area contributed by atoms with Gasteiger partial charge in [0.25, 0.3) is 0 Å². The van der Waals surface area contributed by atoms with Crippen molar-refractivity contribution in [2.75, 3.05) is 18.8 Å². The first-order valence-electron chi connectivity index (χ1n) is 5.81. The summed E-state index contributed by atoms with van der Waals surface area (Å²) in [4.78, 5) is 0. The van der Waals surface area contributed by atoms with Gasteiger partial charge in [-0.2, -0.15) is 0 Å². The Morgan fingerprint density at radius 2 is 1.94 bits per heavy atom. The topological polar surface area (TPSA) is 46.2 Å². The van der Waals surface area contributed by atoms with Crippen LogP contribution in [0.4, 0.5) is 0 Å². The van der Waals surface area contributed by atoms with E-state index >= 15 is 0 Å². The predicted octanol–water partition coefficient (Wildman–Crippen LogP) is 1.81. The molecule has 0 amide bonds. The molecule has 1 saturated carbocycles. The molecule has 1 aliphatic rings. The molecule has 0 aliphatic heterocycles. The van der Waals surface area contributed by atoms with E-state index in [1.54, 1.807) is 20.8 Å². The van der Waals surface area contributed by atoms with Crippen molar-refractivity contribution < 1.29 is 8.42 Å². The van der Waals surface area contributed by atoms with Crippen LogP contribution in [0.5, 0.6) is 0 Å². The van der Waals surface area contributed by atoms with Gasteiger partial charge in [0, 0.05) is 18.5 Å². The summed E-state index contributed by atoms with van der Waals surface area (Å²) in [7, 11) is -3.01. The zero-order chi connectivity index (χ0) is 12.4. The molecule has 1 unspecified atom stereocenters. The normalized spacial score (nSPS) is 19.8. The predicted molar refractivity (Wildman–Crippen MR) is 68.8 cm³/mol. The van der Waals surface area contributed by atoms with Gasteiger partial charge in [-0.05, 0) is 39.5 Å². The fourth-order valence-corrected chi connectivity index (χ4v) is 2.76. The van der Waals surface area contributed by atoms with E-state index in [0.29, 0.717) is 19.0 Å². The minimum Gasteiger partial charge on any atom is -0.314 e. The van der Waals surface area contributed by atoms with Crippen LogP contribution in [-0.2, 0) is 9.84 Å². The molecule has 0 aromatic rings. The molecule has 1 N–H and O–H groups in total. The van der Waals surface area contributed by atoms with Crippen LogP contribution in [0.15, 0.2) is 0 Å². The molecule has 96 valence electrons. The molecule has 1 atom stereocenters. The Morgan fingerprint density at radius 1 is 1.38 bits per heavy atom. The fraction of sp³-hybridized carbons (Fsp3) is 1.00. The first-order chi connectivity index (χ1) is 7.24. The minimum absolute atomic E-state index is 0.164. The van der Waals surface area contributed by atoms with E-state index in [-0.39, 0.29) is 11.1 Å². The molecule has 3 nitrogen and oxygen atoms in total. The molecular weight excluding hydrogens is 246 g/mol. The van der Waals surface area contributed by atoms with Gasteiger partial charge in [0.05, 0.1) is 10.5 Å². The minimum atomic E-state index is -3.01. The molecule has 1 fully saturated rings. The molecule has 0 spiro atoms. The van der Waals surface area contributed by atoms with Crippen LogP contribution in [-0.4, -0.2) is 37.4 Å². The Labute approximate surface area is 104 Å². The van der Waals surface area contributed by atoms with Gasteiger partial charge in [-0.25, -0.2) is 8.42 Å². The summed E-state index contributed by atoms with van der Waals surface area (Å²) in [5, 5.41) is 3.29. The van der Waals surface area contributed by atoms with Gasteiger partial charge in [-0.1, -0.05) is 0 Å². The lowest BCUT2D eigenvalue weighted by molar-refractivity contribution is 0.554. The maximum atomic E-state index is 11.8. The maximum absolute atomic E-state index is 11.8. The van der Waals surface area contributed by atoms with E-state index in [2.05, 4.69) is 5.32 Å². The third kappa shape index (κ3) is 4.22. The number of rotatable bonds is 6. The molecule has 1 rings (SSSR count). The molecule has 5 heteroatoms. The number of hydrogen-bond acceptors (Lipinski definition) is 3. The quantitative estimate of drug-likeness (QED) is 0.590.